The van der Waals surface area contributed by atoms with Crippen molar-refractivity contribution in [1.29, 1.82) is 0 Å². The molecule has 1 aromatic carbocycles. The number of hydrogen-bond donors (Lipinski definition) is 0. The minimum atomic E-state index is -0.193. The molecular formula is C14H18N2O. The molecule has 0 N–H and O–H groups in total. The van der Waals surface area contributed by atoms with Crippen LogP contribution in [0, 0.1) is 0 Å². The number of anilines is 1. The molecule has 1 saturated carbocycles. The zero-order valence-electron chi connectivity index (χ0n) is 10.6. The summed E-state index contributed by atoms with van der Waals surface area (Å²) in [5.74, 6) is 0. The highest BCUT2D eigenvalue weighted by Gasteiger charge is 2.48. The third-order valence-electron chi connectivity index (χ3n) is 3.93. The Morgan fingerprint density at radius 2 is 1.88 bits per heavy atom. The summed E-state index contributed by atoms with van der Waals surface area (Å²) >= 11 is 0. The van der Waals surface area contributed by atoms with E-state index in [1.165, 1.54) is 5.56 Å². The second-order valence-electron chi connectivity index (χ2n) is 5.52. The van der Waals surface area contributed by atoms with Crippen molar-refractivity contribution >= 4 is 11.7 Å². The van der Waals surface area contributed by atoms with Crippen molar-refractivity contribution in [2.24, 2.45) is 0 Å². The van der Waals surface area contributed by atoms with E-state index in [1.807, 2.05) is 19.2 Å². The van der Waals surface area contributed by atoms with Gasteiger partial charge in [0.25, 0.3) is 0 Å². The van der Waals surface area contributed by atoms with Crippen LogP contribution in [0.4, 0.5) is 10.5 Å². The first-order chi connectivity index (χ1) is 8.03. The van der Waals surface area contributed by atoms with E-state index in [2.05, 4.69) is 30.9 Å². The van der Waals surface area contributed by atoms with Crippen LogP contribution in [-0.2, 0) is 5.54 Å². The summed E-state index contributed by atoms with van der Waals surface area (Å²) in [5, 5.41) is 0. The largest absolute Gasteiger partial charge is 0.325 e. The number of amides is 2. The molecule has 1 aliphatic carbocycles. The van der Waals surface area contributed by atoms with Crippen LogP contribution in [0.15, 0.2) is 24.3 Å². The number of hydrogen-bond acceptors (Lipinski definition) is 1. The molecule has 0 atom stereocenters. The molecule has 1 aromatic rings. The van der Waals surface area contributed by atoms with E-state index < -0.39 is 0 Å². The Balaban J connectivity index is 2.16. The fourth-order valence-corrected chi connectivity index (χ4v) is 2.86. The predicted molar refractivity (Wildman–Crippen MR) is 68.1 cm³/mol. The number of rotatable bonds is 1. The van der Waals surface area contributed by atoms with Gasteiger partial charge in [0.2, 0.25) is 0 Å². The SMILES string of the molecule is CN1C(=O)N(C2CC2)C(C)(C)c2ccccc21. The van der Waals surface area contributed by atoms with E-state index in [9.17, 15) is 4.79 Å². The van der Waals surface area contributed by atoms with Crippen LogP contribution in [-0.4, -0.2) is 24.0 Å². The van der Waals surface area contributed by atoms with Gasteiger partial charge in [-0.05, 0) is 32.8 Å². The van der Waals surface area contributed by atoms with Gasteiger partial charge in [-0.1, -0.05) is 18.2 Å². The third-order valence-corrected chi connectivity index (χ3v) is 3.93. The average Bonchev–Trinajstić information content (AvgIpc) is 3.11. The summed E-state index contributed by atoms with van der Waals surface area (Å²) in [6.45, 7) is 4.30. The molecule has 0 bridgehead atoms. The van der Waals surface area contributed by atoms with Crippen molar-refractivity contribution in [3.05, 3.63) is 29.8 Å². The molecule has 1 aliphatic heterocycles. The van der Waals surface area contributed by atoms with Gasteiger partial charge in [0.05, 0.1) is 11.2 Å². The van der Waals surface area contributed by atoms with Gasteiger partial charge in [-0.2, -0.15) is 0 Å². The molecule has 2 amide bonds. The van der Waals surface area contributed by atoms with E-state index in [0.29, 0.717) is 6.04 Å². The normalized spacial score (nSPS) is 22.6. The smallest absolute Gasteiger partial charge is 0.312 e. The van der Waals surface area contributed by atoms with Gasteiger partial charge in [0, 0.05) is 18.7 Å². The van der Waals surface area contributed by atoms with Crippen molar-refractivity contribution in [3.63, 3.8) is 0 Å². The fourth-order valence-electron chi connectivity index (χ4n) is 2.86. The highest BCUT2D eigenvalue weighted by molar-refractivity contribution is 5.96. The molecule has 17 heavy (non-hydrogen) atoms. The molecule has 1 heterocycles. The molecule has 0 saturated heterocycles. The summed E-state index contributed by atoms with van der Waals surface area (Å²) in [7, 11) is 1.87. The lowest BCUT2D eigenvalue weighted by Crippen LogP contribution is -2.56. The summed E-state index contributed by atoms with van der Waals surface area (Å²) < 4.78 is 0. The summed E-state index contributed by atoms with van der Waals surface area (Å²) in [4.78, 5) is 16.3. The van der Waals surface area contributed by atoms with Crippen LogP contribution in [0.2, 0.25) is 0 Å². The standard InChI is InChI=1S/C14H18N2O/c1-14(2)11-6-4-5-7-12(11)15(3)13(17)16(14)10-8-9-10/h4-7,10H,8-9H2,1-3H3. The van der Waals surface area contributed by atoms with Crippen LogP contribution in [0.5, 0.6) is 0 Å². The number of urea groups is 1. The summed E-state index contributed by atoms with van der Waals surface area (Å²) in [6, 6.07) is 8.78. The lowest BCUT2D eigenvalue weighted by atomic mass is 9.88. The molecule has 0 spiro atoms. The summed E-state index contributed by atoms with van der Waals surface area (Å²) in [5.41, 5.74) is 2.09. The minimum Gasteiger partial charge on any atom is -0.312 e. The molecule has 90 valence electrons. The first-order valence-corrected chi connectivity index (χ1v) is 6.20. The molecule has 1 fully saturated rings. The fraction of sp³-hybridized carbons (Fsp3) is 0.500. The molecule has 0 radical (unpaired) electrons. The van der Waals surface area contributed by atoms with Crippen molar-refractivity contribution in [2.45, 2.75) is 38.3 Å². The number of fused-ring (bicyclic) bond motifs is 1. The Hall–Kier alpha value is -1.51. The maximum Gasteiger partial charge on any atom is 0.325 e. The first-order valence-electron chi connectivity index (χ1n) is 6.20. The Kier molecular flexibility index (Phi) is 2.03. The topological polar surface area (TPSA) is 23.6 Å². The molecule has 0 unspecified atom stereocenters. The van der Waals surface area contributed by atoms with Crippen molar-refractivity contribution in [1.82, 2.24) is 4.90 Å². The molecule has 2 aliphatic rings. The summed E-state index contributed by atoms with van der Waals surface area (Å²) in [6.07, 6.45) is 2.29. The van der Waals surface area contributed by atoms with Crippen LogP contribution >= 0.6 is 0 Å². The molecule has 3 nitrogen and oxygen atoms in total. The number of carbonyl (C=O) groups excluding carboxylic acids is 1. The van der Waals surface area contributed by atoms with Crippen molar-refractivity contribution < 1.29 is 4.79 Å². The Morgan fingerprint density at radius 3 is 2.53 bits per heavy atom. The zero-order chi connectivity index (χ0) is 12.2. The Bertz CT molecular complexity index is 477. The van der Waals surface area contributed by atoms with Crippen LogP contribution in [0.1, 0.15) is 32.3 Å². The maximum absolute atomic E-state index is 12.4. The monoisotopic (exact) mass is 230 g/mol. The molecule has 3 rings (SSSR count). The minimum absolute atomic E-state index is 0.135. The van der Waals surface area contributed by atoms with Crippen molar-refractivity contribution in [3.8, 4) is 0 Å². The number of benzene rings is 1. The molecule has 3 heteroatoms. The number of nitrogens with zero attached hydrogens (tertiary/aromatic N) is 2. The lowest BCUT2D eigenvalue weighted by Gasteiger charge is -2.47. The predicted octanol–water partition coefficient (Wildman–Crippen LogP) is 2.96. The first kappa shape index (κ1) is 10.6. The van der Waals surface area contributed by atoms with E-state index >= 15 is 0 Å². The Labute approximate surface area is 102 Å². The second-order valence-corrected chi connectivity index (χ2v) is 5.52. The van der Waals surface area contributed by atoms with Crippen LogP contribution in [0.3, 0.4) is 0 Å². The Morgan fingerprint density at radius 1 is 1.24 bits per heavy atom. The number of carbonyl (C=O) groups is 1. The molecular weight excluding hydrogens is 212 g/mol. The van der Waals surface area contributed by atoms with Crippen LogP contribution < -0.4 is 4.90 Å². The van der Waals surface area contributed by atoms with E-state index in [0.717, 1.165) is 18.5 Å². The lowest BCUT2D eigenvalue weighted by molar-refractivity contribution is 0.128. The zero-order valence-corrected chi connectivity index (χ0v) is 10.6. The quantitative estimate of drug-likeness (QED) is 0.727. The van der Waals surface area contributed by atoms with Gasteiger partial charge in [-0.15, -0.1) is 0 Å². The maximum atomic E-state index is 12.4. The van der Waals surface area contributed by atoms with Crippen molar-refractivity contribution in [2.75, 3.05) is 11.9 Å². The van der Waals surface area contributed by atoms with Gasteiger partial charge in [0.1, 0.15) is 0 Å². The second kappa shape index (κ2) is 3.25. The number of para-hydroxylation sites is 1. The van der Waals surface area contributed by atoms with Gasteiger partial charge in [-0.25, -0.2) is 4.79 Å². The average molecular weight is 230 g/mol. The van der Waals surface area contributed by atoms with E-state index in [4.69, 9.17) is 0 Å². The third kappa shape index (κ3) is 1.38. The molecule has 0 aromatic heterocycles. The van der Waals surface area contributed by atoms with E-state index in [-0.39, 0.29) is 11.6 Å². The van der Waals surface area contributed by atoms with Gasteiger partial charge in [0.15, 0.2) is 0 Å². The highest BCUT2D eigenvalue weighted by atomic mass is 16.2. The van der Waals surface area contributed by atoms with Gasteiger partial charge < -0.3 is 4.90 Å². The van der Waals surface area contributed by atoms with Gasteiger partial charge >= 0.3 is 6.03 Å². The van der Waals surface area contributed by atoms with E-state index in [1.54, 1.807) is 4.90 Å². The highest BCUT2D eigenvalue weighted by Crippen LogP contribution is 2.45. The van der Waals surface area contributed by atoms with Gasteiger partial charge in [-0.3, -0.25) is 4.90 Å². The van der Waals surface area contributed by atoms with Crippen LogP contribution in [0.25, 0.3) is 0 Å².